The van der Waals surface area contributed by atoms with Gasteiger partial charge in [-0.05, 0) is 6.92 Å². The highest BCUT2D eigenvalue weighted by Crippen LogP contribution is 2.16. The van der Waals surface area contributed by atoms with Gasteiger partial charge in [0.05, 0.1) is 0 Å². The number of amides is 1. The number of rotatable bonds is 3. The fourth-order valence-corrected chi connectivity index (χ4v) is 2.01. The number of aromatic nitrogens is 2. The van der Waals surface area contributed by atoms with Crippen LogP contribution in [0.3, 0.4) is 0 Å². The summed E-state index contributed by atoms with van der Waals surface area (Å²) < 4.78 is 2.02. The number of primary amides is 1. The first-order chi connectivity index (χ1) is 7.74. The Morgan fingerprint density at radius 1 is 1.75 bits per heavy atom. The van der Waals surface area contributed by atoms with Gasteiger partial charge in [-0.25, -0.2) is 4.98 Å². The van der Waals surface area contributed by atoms with Crippen LogP contribution in [0.1, 0.15) is 6.92 Å². The van der Waals surface area contributed by atoms with Crippen molar-refractivity contribution in [1.29, 1.82) is 0 Å². The minimum absolute atomic E-state index is 0.304. The predicted octanol–water partition coefficient (Wildman–Crippen LogP) is -0.833. The van der Waals surface area contributed by atoms with Crippen molar-refractivity contribution in [2.75, 3.05) is 24.5 Å². The minimum atomic E-state index is -0.308. The molecule has 0 aliphatic carbocycles. The van der Waals surface area contributed by atoms with Gasteiger partial charge < -0.3 is 20.5 Å². The van der Waals surface area contributed by atoms with E-state index in [1.165, 1.54) is 0 Å². The third kappa shape index (κ3) is 1.88. The van der Waals surface area contributed by atoms with Crippen molar-refractivity contribution in [1.82, 2.24) is 14.9 Å². The number of imidazole rings is 1. The Morgan fingerprint density at radius 2 is 2.56 bits per heavy atom. The Kier molecular flexibility index (Phi) is 3.09. The maximum Gasteiger partial charge on any atom is 0.241 e. The molecule has 88 valence electrons. The van der Waals surface area contributed by atoms with Crippen LogP contribution in [0, 0.1) is 0 Å². The zero-order valence-corrected chi connectivity index (χ0v) is 9.39. The van der Waals surface area contributed by atoms with Crippen molar-refractivity contribution in [3.63, 3.8) is 0 Å². The summed E-state index contributed by atoms with van der Waals surface area (Å²) in [6.07, 6.45) is 3.66. The van der Waals surface area contributed by atoms with Gasteiger partial charge in [0.25, 0.3) is 0 Å². The lowest BCUT2D eigenvalue weighted by Crippen LogP contribution is -2.57. The van der Waals surface area contributed by atoms with Crippen molar-refractivity contribution in [3.8, 4) is 0 Å². The van der Waals surface area contributed by atoms with Crippen molar-refractivity contribution in [2.24, 2.45) is 5.73 Å². The quantitative estimate of drug-likeness (QED) is 0.701. The van der Waals surface area contributed by atoms with Gasteiger partial charge >= 0.3 is 0 Å². The van der Waals surface area contributed by atoms with E-state index in [1.807, 2.05) is 22.6 Å². The maximum atomic E-state index is 11.4. The highest BCUT2D eigenvalue weighted by atomic mass is 16.1. The zero-order valence-electron chi connectivity index (χ0n) is 9.39. The summed E-state index contributed by atoms with van der Waals surface area (Å²) in [4.78, 5) is 17.6. The third-order valence-electron chi connectivity index (χ3n) is 2.86. The molecule has 3 N–H and O–H groups in total. The van der Waals surface area contributed by atoms with Crippen LogP contribution in [0.5, 0.6) is 0 Å². The van der Waals surface area contributed by atoms with Gasteiger partial charge in [-0.1, -0.05) is 0 Å². The molecule has 1 atom stereocenters. The Morgan fingerprint density at radius 3 is 3.25 bits per heavy atom. The number of anilines is 1. The van der Waals surface area contributed by atoms with E-state index < -0.39 is 0 Å². The number of carbonyl (C=O) groups is 1. The van der Waals surface area contributed by atoms with Crippen molar-refractivity contribution in [3.05, 3.63) is 12.4 Å². The smallest absolute Gasteiger partial charge is 0.241 e. The molecule has 6 heteroatoms. The number of hydrogen-bond acceptors (Lipinski definition) is 4. The Hall–Kier alpha value is -1.56. The van der Waals surface area contributed by atoms with E-state index in [1.54, 1.807) is 6.20 Å². The lowest BCUT2D eigenvalue weighted by Gasteiger charge is -2.35. The number of aryl methyl sites for hydroxylation is 1. The molecule has 1 aromatic rings. The summed E-state index contributed by atoms with van der Waals surface area (Å²) >= 11 is 0. The molecular weight excluding hydrogens is 206 g/mol. The van der Waals surface area contributed by atoms with Crippen LogP contribution in [0.2, 0.25) is 0 Å². The highest BCUT2D eigenvalue weighted by molar-refractivity contribution is 5.83. The van der Waals surface area contributed by atoms with Gasteiger partial charge in [-0.3, -0.25) is 4.79 Å². The van der Waals surface area contributed by atoms with E-state index in [0.29, 0.717) is 6.54 Å². The summed E-state index contributed by atoms with van der Waals surface area (Å²) in [6, 6.07) is -0.304. The molecule has 0 saturated carbocycles. The van der Waals surface area contributed by atoms with Crippen LogP contribution >= 0.6 is 0 Å². The molecule has 1 amide bonds. The molecule has 1 aromatic heterocycles. The van der Waals surface area contributed by atoms with Crippen LogP contribution in [-0.4, -0.2) is 41.1 Å². The maximum absolute atomic E-state index is 11.4. The van der Waals surface area contributed by atoms with Crippen LogP contribution in [-0.2, 0) is 11.3 Å². The molecule has 6 nitrogen and oxygen atoms in total. The van der Waals surface area contributed by atoms with Crippen molar-refractivity contribution >= 4 is 11.9 Å². The summed E-state index contributed by atoms with van der Waals surface area (Å²) in [6.45, 7) is 5.08. The summed E-state index contributed by atoms with van der Waals surface area (Å²) in [5.41, 5.74) is 5.40. The molecular formula is C10H17N5O. The molecule has 1 aliphatic rings. The molecule has 1 fully saturated rings. The number of nitrogens with two attached hydrogens (primary N) is 1. The zero-order chi connectivity index (χ0) is 11.5. The van der Waals surface area contributed by atoms with Crippen LogP contribution in [0.15, 0.2) is 12.4 Å². The number of nitrogens with one attached hydrogen (secondary N) is 1. The molecule has 1 unspecified atom stereocenters. The molecule has 2 heterocycles. The van der Waals surface area contributed by atoms with Crippen LogP contribution in [0.4, 0.5) is 5.95 Å². The van der Waals surface area contributed by atoms with E-state index in [-0.39, 0.29) is 11.9 Å². The van der Waals surface area contributed by atoms with Gasteiger partial charge in [0.2, 0.25) is 11.9 Å². The second kappa shape index (κ2) is 4.52. The van der Waals surface area contributed by atoms with E-state index in [4.69, 9.17) is 5.73 Å². The first kappa shape index (κ1) is 10.9. The summed E-state index contributed by atoms with van der Waals surface area (Å²) in [5, 5.41) is 3.17. The van der Waals surface area contributed by atoms with Crippen molar-refractivity contribution in [2.45, 2.75) is 19.5 Å². The second-order valence-electron chi connectivity index (χ2n) is 3.83. The fraction of sp³-hybridized carbons (Fsp3) is 0.600. The summed E-state index contributed by atoms with van der Waals surface area (Å²) in [5.74, 6) is 0.519. The monoisotopic (exact) mass is 223 g/mol. The van der Waals surface area contributed by atoms with E-state index in [9.17, 15) is 4.79 Å². The standard InChI is InChI=1S/C10H17N5O/c1-2-14-5-4-13-10(14)15-6-3-12-7-8(15)9(11)16/h4-5,8,12H,2-3,6-7H2,1H3,(H2,11,16). The normalized spacial score (nSPS) is 21.1. The highest BCUT2D eigenvalue weighted by Gasteiger charge is 2.29. The van der Waals surface area contributed by atoms with Gasteiger partial charge in [0.15, 0.2) is 0 Å². The second-order valence-corrected chi connectivity index (χ2v) is 3.83. The number of hydrogen-bond donors (Lipinski definition) is 2. The molecule has 2 rings (SSSR count). The average molecular weight is 223 g/mol. The average Bonchev–Trinajstić information content (AvgIpc) is 2.76. The Bertz CT molecular complexity index is 375. The molecule has 0 radical (unpaired) electrons. The largest absolute Gasteiger partial charge is 0.368 e. The number of piperazine rings is 1. The van der Waals surface area contributed by atoms with E-state index >= 15 is 0 Å². The Balaban J connectivity index is 2.26. The van der Waals surface area contributed by atoms with Crippen LogP contribution < -0.4 is 16.0 Å². The predicted molar refractivity (Wildman–Crippen MR) is 61.1 cm³/mol. The van der Waals surface area contributed by atoms with E-state index in [2.05, 4.69) is 10.3 Å². The van der Waals surface area contributed by atoms with Crippen LogP contribution in [0.25, 0.3) is 0 Å². The summed E-state index contributed by atoms with van der Waals surface area (Å²) in [7, 11) is 0. The van der Waals surface area contributed by atoms with Gasteiger partial charge in [-0.2, -0.15) is 0 Å². The van der Waals surface area contributed by atoms with Gasteiger partial charge in [-0.15, -0.1) is 0 Å². The molecule has 0 bridgehead atoms. The van der Waals surface area contributed by atoms with Gasteiger partial charge in [0, 0.05) is 38.6 Å². The molecule has 0 spiro atoms. The first-order valence-corrected chi connectivity index (χ1v) is 5.52. The fourth-order valence-electron chi connectivity index (χ4n) is 2.01. The Labute approximate surface area is 94.4 Å². The van der Waals surface area contributed by atoms with Crippen molar-refractivity contribution < 1.29 is 4.79 Å². The van der Waals surface area contributed by atoms with E-state index in [0.717, 1.165) is 25.6 Å². The molecule has 1 aliphatic heterocycles. The topological polar surface area (TPSA) is 76.2 Å². The molecule has 16 heavy (non-hydrogen) atoms. The SMILES string of the molecule is CCn1ccnc1N1CCNCC1C(N)=O. The molecule has 0 aromatic carbocycles. The molecule has 1 saturated heterocycles. The third-order valence-corrected chi connectivity index (χ3v) is 2.86. The lowest BCUT2D eigenvalue weighted by molar-refractivity contribution is -0.119. The number of carbonyl (C=O) groups excluding carboxylic acids is 1. The lowest BCUT2D eigenvalue weighted by atomic mass is 10.2. The van der Waals surface area contributed by atoms with Gasteiger partial charge in [0.1, 0.15) is 6.04 Å². The minimum Gasteiger partial charge on any atom is -0.368 e. The number of nitrogens with zero attached hydrogens (tertiary/aromatic N) is 3. The first-order valence-electron chi connectivity index (χ1n) is 5.52.